The molecule has 0 radical (unpaired) electrons. The highest BCUT2D eigenvalue weighted by Crippen LogP contribution is 2.17. The fraction of sp³-hybridized carbons (Fsp3) is 0.400. The molecule has 1 aromatic heterocycles. The van der Waals surface area contributed by atoms with Crippen molar-refractivity contribution in [2.24, 2.45) is 13.0 Å². The zero-order chi connectivity index (χ0) is 13.7. The molecule has 0 N–H and O–H groups in total. The van der Waals surface area contributed by atoms with Gasteiger partial charge in [0.15, 0.2) is 0 Å². The lowest BCUT2D eigenvalue weighted by molar-refractivity contribution is 0.527. The first-order chi connectivity index (χ1) is 9.19. The van der Waals surface area contributed by atoms with Crippen LogP contribution >= 0.6 is 15.9 Å². The standard InChI is InChI=1S/C15H18BrFN2/c1-19-9-8-18-15(19)7-4-13(11-16)10-12-2-5-14(17)6-3-12/h2-3,5-6,8-9,13H,4,7,10-11H2,1H3. The maximum Gasteiger partial charge on any atom is 0.123 e. The molecule has 0 fully saturated rings. The monoisotopic (exact) mass is 324 g/mol. The SMILES string of the molecule is Cn1ccnc1CCC(CBr)Cc1ccc(F)cc1. The number of nitrogens with zero attached hydrogens (tertiary/aromatic N) is 2. The van der Waals surface area contributed by atoms with Crippen LogP contribution in [-0.4, -0.2) is 14.9 Å². The van der Waals surface area contributed by atoms with E-state index in [1.54, 1.807) is 0 Å². The summed E-state index contributed by atoms with van der Waals surface area (Å²) in [6, 6.07) is 6.79. The molecule has 0 saturated carbocycles. The zero-order valence-corrected chi connectivity index (χ0v) is 12.6. The van der Waals surface area contributed by atoms with Crippen LogP contribution in [0.3, 0.4) is 0 Å². The van der Waals surface area contributed by atoms with Gasteiger partial charge in [-0.15, -0.1) is 0 Å². The minimum absolute atomic E-state index is 0.174. The van der Waals surface area contributed by atoms with Gasteiger partial charge in [0, 0.05) is 31.2 Å². The second kappa shape index (κ2) is 6.85. The third-order valence-electron chi connectivity index (χ3n) is 3.35. The summed E-state index contributed by atoms with van der Waals surface area (Å²) in [7, 11) is 2.02. The maximum atomic E-state index is 12.9. The lowest BCUT2D eigenvalue weighted by Gasteiger charge is -2.14. The van der Waals surface area contributed by atoms with Crippen LogP contribution in [0.4, 0.5) is 4.39 Å². The molecule has 4 heteroatoms. The van der Waals surface area contributed by atoms with Crippen molar-refractivity contribution >= 4 is 15.9 Å². The van der Waals surface area contributed by atoms with E-state index in [1.807, 2.05) is 31.6 Å². The summed E-state index contributed by atoms with van der Waals surface area (Å²) in [5.74, 6) is 1.49. The first-order valence-electron chi connectivity index (χ1n) is 6.45. The Morgan fingerprint density at radius 3 is 2.63 bits per heavy atom. The number of alkyl halides is 1. The molecule has 2 rings (SSSR count). The number of rotatable bonds is 6. The Bertz CT molecular complexity index is 507. The molecule has 0 aliphatic heterocycles. The van der Waals surface area contributed by atoms with E-state index in [2.05, 4.69) is 25.5 Å². The van der Waals surface area contributed by atoms with Gasteiger partial charge in [-0.2, -0.15) is 0 Å². The largest absolute Gasteiger partial charge is 0.338 e. The molecular weight excluding hydrogens is 307 g/mol. The molecule has 102 valence electrons. The predicted molar refractivity (Wildman–Crippen MR) is 78.9 cm³/mol. The number of imidazole rings is 1. The summed E-state index contributed by atoms with van der Waals surface area (Å²) in [5, 5.41) is 0.953. The van der Waals surface area contributed by atoms with Gasteiger partial charge in [-0.1, -0.05) is 28.1 Å². The lowest BCUT2D eigenvalue weighted by Crippen LogP contribution is -2.09. The minimum atomic E-state index is -0.174. The molecule has 1 unspecified atom stereocenters. The molecule has 0 spiro atoms. The van der Waals surface area contributed by atoms with Gasteiger partial charge in [-0.3, -0.25) is 0 Å². The second-order valence-corrected chi connectivity index (χ2v) is 5.49. The highest BCUT2D eigenvalue weighted by molar-refractivity contribution is 9.09. The number of halogens is 2. The van der Waals surface area contributed by atoms with E-state index in [9.17, 15) is 4.39 Å². The number of aromatic nitrogens is 2. The van der Waals surface area contributed by atoms with Gasteiger partial charge >= 0.3 is 0 Å². The normalized spacial score (nSPS) is 12.6. The van der Waals surface area contributed by atoms with Gasteiger partial charge in [0.1, 0.15) is 11.6 Å². The van der Waals surface area contributed by atoms with Crippen molar-refractivity contribution in [2.45, 2.75) is 19.3 Å². The van der Waals surface area contributed by atoms with Crippen LogP contribution in [0.25, 0.3) is 0 Å². The van der Waals surface area contributed by atoms with Crippen molar-refractivity contribution in [1.82, 2.24) is 9.55 Å². The summed E-state index contributed by atoms with van der Waals surface area (Å²) >= 11 is 3.57. The Kier molecular flexibility index (Phi) is 5.14. The van der Waals surface area contributed by atoms with E-state index in [0.29, 0.717) is 5.92 Å². The fourth-order valence-electron chi connectivity index (χ4n) is 2.16. The molecule has 0 saturated heterocycles. The maximum absolute atomic E-state index is 12.9. The fourth-order valence-corrected chi connectivity index (χ4v) is 2.71. The Balaban J connectivity index is 1.90. The summed E-state index contributed by atoms with van der Waals surface area (Å²) in [6.45, 7) is 0. The summed E-state index contributed by atoms with van der Waals surface area (Å²) in [6.07, 6.45) is 6.82. The number of benzene rings is 1. The first kappa shape index (κ1) is 14.3. The topological polar surface area (TPSA) is 17.8 Å². The predicted octanol–water partition coefficient (Wildman–Crippen LogP) is 3.75. The highest BCUT2D eigenvalue weighted by Gasteiger charge is 2.10. The molecule has 2 nitrogen and oxygen atoms in total. The van der Waals surface area contributed by atoms with E-state index in [1.165, 1.54) is 17.7 Å². The van der Waals surface area contributed by atoms with Crippen molar-refractivity contribution in [3.05, 3.63) is 53.9 Å². The molecular formula is C15H18BrFN2. The van der Waals surface area contributed by atoms with Gasteiger partial charge in [0.05, 0.1) is 0 Å². The van der Waals surface area contributed by atoms with Crippen LogP contribution < -0.4 is 0 Å². The molecule has 0 aliphatic rings. The van der Waals surface area contributed by atoms with Crippen LogP contribution in [0.15, 0.2) is 36.7 Å². The van der Waals surface area contributed by atoms with Gasteiger partial charge in [-0.25, -0.2) is 9.37 Å². The van der Waals surface area contributed by atoms with Crippen LogP contribution in [0.5, 0.6) is 0 Å². The molecule has 1 atom stereocenters. The number of hydrogen-bond donors (Lipinski definition) is 0. The quantitative estimate of drug-likeness (QED) is 0.740. The number of hydrogen-bond acceptors (Lipinski definition) is 1. The average Bonchev–Trinajstić information content (AvgIpc) is 2.82. The van der Waals surface area contributed by atoms with Gasteiger partial charge in [0.25, 0.3) is 0 Å². The Morgan fingerprint density at radius 2 is 2.05 bits per heavy atom. The Morgan fingerprint density at radius 1 is 1.32 bits per heavy atom. The van der Waals surface area contributed by atoms with E-state index < -0.39 is 0 Å². The highest BCUT2D eigenvalue weighted by atomic mass is 79.9. The third-order valence-corrected chi connectivity index (χ3v) is 4.27. The van der Waals surface area contributed by atoms with Crippen LogP contribution in [-0.2, 0) is 19.9 Å². The van der Waals surface area contributed by atoms with Crippen LogP contribution in [0, 0.1) is 11.7 Å². The minimum Gasteiger partial charge on any atom is -0.338 e. The van der Waals surface area contributed by atoms with Crippen LogP contribution in [0.1, 0.15) is 17.8 Å². The van der Waals surface area contributed by atoms with Gasteiger partial charge in [-0.05, 0) is 36.5 Å². The summed E-state index contributed by atoms with van der Waals surface area (Å²) < 4.78 is 14.9. The molecule has 0 bridgehead atoms. The molecule has 1 aromatic carbocycles. The molecule has 0 aliphatic carbocycles. The number of aryl methyl sites for hydroxylation is 2. The summed E-state index contributed by atoms with van der Waals surface area (Å²) in [4.78, 5) is 4.34. The smallest absolute Gasteiger partial charge is 0.123 e. The average molecular weight is 325 g/mol. The summed E-state index contributed by atoms with van der Waals surface area (Å²) in [5.41, 5.74) is 1.19. The van der Waals surface area contributed by atoms with E-state index in [4.69, 9.17) is 0 Å². The van der Waals surface area contributed by atoms with Crippen molar-refractivity contribution in [3.63, 3.8) is 0 Å². The zero-order valence-electron chi connectivity index (χ0n) is 11.0. The van der Waals surface area contributed by atoms with Crippen LogP contribution in [0.2, 0.25) is 0 Å². The molecule has 0 amide bonds. The third kappa shape index (κ3) is 4.16. The molecule has 2 aromatic rings. The van der Waals surface area contributed by atoms with Gasteiger partial charge in [0.2, 0.25) is 0 Å². The Hall–Kier alpha value is -1.16. The van der Waals surface area contributed by atoms with Crippen molar-refractivity contribution in [2.75, 3.05) is 5.33 Å². The molecule has 1 heterocycles. The van der Waals surface area contributed by atoms with Crippen molar-refractivity contribution in [1.29, 1.82) is 0 Å². The van der Waals surface area contributed by atoms with Crippen molar-refractivity contribution in [3.8, 4) is 0 Å². The Labute approximate surface area is 121 Å². The lowest BCUT2D eigenvalue weighted by atomic mass is 9.96. The van der Waals surface area contributed by atoms with E-state index in [-0.39, 0.29) is 5.82 Å². The van der Waals surface area contributed by atoms with E-state index in [0.717, 1.165) is 30.4 Å². The van der Waals surface area contributed by atoms with Crippen molar-refractivity contribution < 1.29 is 4.39 Å². The second-order valence-electron chi connectivity index (χ2n) is 4.84. The molecule has 19 heavy (non-hydrogen) atoms. The van der Waals surface area contributed by atoms with E-state index >= 15 is 0 Å². The van der Waals surface area contributed by atoms with Gasteiger partial charge < -0.3 is 4.57 Å². The first-order valence-corrected chi connectivity index (χ1v) is 7.58.